The zero-order chi connectivity index (χ0) is 14.8. The number of carbonyl (C=O) groups is 1. The van der Waals surface area contributed by atoms with Crippen LogP contribution in [0.15, 0.2) is 6.07 Å². The molecular formula is C10H7ClF5NO2. The van der Waals surface area contributed by atoms with Crippen LogP contribution in [-0.4, -0.2) is 17.6 Å². The molecule has 0 N–H and O–H groups in total. The van der Waals surface area contributed by atoms with E-state index in [-0.39, 0.29) is 12.7 Å². The lowest BCUT2D eigenvalue weighted by molar-refractivity contribution is -0.141. The van der Waals surface area contributed by atoms with Crippen molar-refractivity contribution in [1.29, 1.82) is 0 Å². The number of hydrogen-bond acceptors (Lipinski definition) is 3. The van der Waals surface area contributed by atoms with Crippen molar-refractivity contribution in [3.63, 3.8) is 0 Å². The van der Waals surface area contributed by atoms with Gasteiger partial charge in [0.05, 0.1) is 6.61 Å². The lowest BCUT2D eigenvalue weighted by Crippen LogP contribution is -2.15. The number of ether oxygens (including phenoxy) is 1. The van der Waals surface area contributed by atoms with Crippen LogP contribution in [-0.2, 0) is 10.9 Å². The van der Waals surface area contributed by atoms with Crippen LogP contribution in [0.3, 0.4) is 0 Å². The summed E-state index contributed by atoms with van der Waals surface area (Å²) in [6, 6.07) is 0.0861. The van der Waals surface area contributed by atoms with Crippen molar-refractivity contribution < 1.29 is 31.5 Å². The maximum Gasteiger partial charge on any atom is 0.433 e. The number of esters is 1. The van der Waals surface area contributed by atoms with Crippen molar-refractivity contribution >= 4 is 17.6 Å². The van der Waals surface area contributed by atoms with Gasteiger partial charge in [0.1, 0.15) is 16.4 Å². The highest BCUT2D eigenvalue weighted by Gasteiger charge is 2.36. The van der Waals surface area contributed by atoms with E-state index >= 15 is 0 Å². The van der Waals surface area contributed by atoms with Gasteiger partial charge >= 0.3 is 12.1 Å². The standard InChI is InChI=1S/C10H7ClF5NO2/c1-2-19-9(18)6-4(8(12)13)3-5(10(14,15)16)17-7(6)11/h3,8H,2H2,1H3. The lowest BCUT2D eigenvalue weighted by Gasteiger charge is -2.13. The van der Waals surface area contributed by atoms with Crippen LogP contribution in [0.2, 0.25) is 5.15 Å². The number of pyridine rings is 1. The molecule has 0 radical (unpaired) electrons. The Morgan fingerprint density at radius 3 is 2.47 bits per heavy atom. The summed E-state index contributed by atoms with van der Waals surface area (Å²) in [4.78, 5) is 14.3. The van der Waals surface area contributed by atoms with E-state index in [4.69, 9.17) is 11.6 Å². The van der Waals surface area contributed by atoms with Crippen molar-refractivity contribution in [2.45, 2.75) is 19.5 Å². The van der Waals surface area contributed by atoms with Crippen molar-refractivity contribution in [2.75, 3.05) is 6.61 Å². The van der Waals surface area contributed by atoms with Gasteiger partial charge in [0.15, 0.2) is 0 Å². The molecule has 0 spiro atoms. The highest BCUT2D eigenvalue weighted by molar-refractivity contribution is 6.32. The maximum absolute atomic E-state index is 12.7. The SMILES string of the molecule is CCOC(=O)c1c(C(F)F)cc(C(F)(F)F)nc1Cl. The second-order valence-electron chi connectivity index (χ2n) is 3.28. The van der Waals surface area contributed by atoms with Crippen LogP contribution in [0.4, 0.5) is 22.0 Å². The topological polar surface area (TPSA) is 39.2 Å². The first kappa shape index (κ1) is 15.6. The number of halogens is 6. The summed E-state index contributed by atoms with van der Waals surface area (Å²) in [5, 5.41) is -0.969. The average molecular weight is 304 g/mol. The molecule has 0 aliphatic heterocycles. The molecule has 9 heteroatoms. The van der Waals surface area contributed by atoms with Crippen molar-refractivity contribution in [3.8, 4) is 0 Å². The smallest absolute Gasteiger partial charge is 0.433 e. The van der Waals surface area contributed by atoms with E-state index in [1.807, 2.05) is 0 Å². The number of hydrogen-bond donors (Lipinski definition) is 0. The first-order valence-corrected chi connectivity index (χ1v) is 5.29. The molecule has 0 atom stereocenters. The minimum atomic E-state index is -4.94. The van der Waals surface area contributed by atoms with E-state index in [1.54, 1.807) is 0 Å². The Morgan fingerprint density at radius 2 is 2.05 bits per heavy atom. The van der Waals surface area contributed by atoms with E-state index < -0.39 is 40.5 Å². The molecule has 0 aromatic carbocycles. The molecule has 0 aliphatic rings. The Balaban J connectivity index is 3.44. The molecule has 1 rings (SSSR count). The van der Waals surface area contributed by atoms with Crippen LogP contribution < -0.4 is 0 Å². The summed E-state index contributed by atoms with van der Waals surface area (Å²) >= 11 is 5.37. The molecule has 0 aliphatic carbocycles. The average Bonchev–Trinajstić information content (AvgIpc) is 2.26. The first-order chi connectivity index (χ1) is 8.68. The van der Waals surface area contributed by atoms with Gasteiger partial charge < -0.3 is 4.74 Å². The van der Waals surface area contributed by atoms with Gasteiger partial charge in [-0.25, -0.2) is 18.6 Å². The predicted octanol–water partition coefficient (Wildman–Crippen LogP) is 3.87. The van der Waals surface area contributed by atoms with E-state index in [0.717, 1.165) is 0 Å². The molecule has 0 fully saturated rings. The Morgan fingerprint density at radius 1 is 1.47 bits per heavy atom. The van der Waals surface area contributed by atoms with E-state index in [0.29, 0.717) is 0 Å². The molecule has 1 aromatic rings. The molecule has 106 valence electrons. The number of nitrogens with zero attached hydrogens (tertiary/aromatic N) is 1. The fourth-order valence-corrected chi connectivity index (χ4v) is 1.53. The zero-order valence-electron chi connectivity index (χ0n) is 9.39. The van der Waals surface area contributed by atoms with Crippen LogP contribution >= 0.6 is 11.6 Å². The molecule has 0 saturated heterocycles. The predicted molar refractivity (Wildman–Crippen MR) is 55.2 cm³/mol. The molecule has 0 amide bonds. The summed E-state index contributed by atoms with van der Waals surface area (Å²) < 4.78 is 67.1. The first-order valence-electron chi connectivity index (χ1n) is 4.91. The number of carbonyl (C=O) groups excluding carboxylic acids is 1. The largest absolute Gasteiger partial charge is 0.462 e. The third kappa shape index (κ3) is 3.52. The minimum Gasteiger partial charge on any atom is -0.462 e. The quantitative estimate of drug-likeness (QED) is 0.483. The van der Waals surface area contributed by atoms with Gasteiger partial charge in [0, 0.05) is 5.56 Å². The van der Waals surface area contributed by atoms with Gasteiger partial charge in [0.2, 0.25) is 0 Å². The molecule has 1 aromatic heterocycles. The van der Waals surface area contributed by atoms with Gasteiger partial charge in [0.25, 0.3) is 6.43 Å². The Kier molecular flexibility index (Phi) is 4.67. The third-order valence-corrected chi connectivity index (χ3v) is 2.28. The van der Waals surface area contributed by atoms with Crippen LogP contribution in [0.1, 0.15) is 35.0 Å². The second-order valence-corrected chi connectivity index (χ2v) is 3.64. The van der Waals surface area contributed by atoms with Crippen molar-refractivity contribution in [1.82, 2.24) is 4.98 Å². The summed E-state index contributed by atoms with van der Waals surface area (Å²) in [7, 11) is 0. The molecule has 1 heterocycles. The molecular weight excluding hydrogens is 297 g/mol. The van der Waals surface area contributed by atoms with E-state index in [9.17, 15) is 26.7 Å². The summed E-state index contributed by atoms with van der Waals surface area (Å²) in [6.45, 7) is 1.27. The summed E-state index contributed by atoms with van der Waals surface area (Å²) in [5.74, 6) is -1.25. The number of rotatable bonds is 3. The van der Waals surface area contributed by atoms with Gasteiger partial charge in [-0.1, -0.05) is 11.6 Å². The van der Waals surface area contributed by atoms with E-state index in [2.05, 4.69) is 9.72 Å². The Labute approximate surface area is 109 Å². The second kappa shape index (κ2) is 5.68. The molecule has 3 nitrogen and oxygen atoms in total. The van der Waals surface area contributed by atoms with Gasteiger partial charge in [-0.3, -0.25) is 0 Å². The Bertz CT molecular complexity index is 490. The monoisotopic (exact) mass is 303 g/mol. The third-order valence-electron chi connectivity index (χ3n) is 2.01. The highest BCUT2D eigenvalue weighted by atomic mass is 35.5. The van der Waals surface area contributed by atoms with Crippen molar-refractivity contribution in [3.05, 3.63) is 28.0 Å². The number of aromatic nitrogens is 1. The number of alkyl halides is 5. The fourth-order valence-electron chi connectivity index (χ4n) is 1.26. The van der Waals surface area contributed by atoms with Crippen LogP contribution in [0.25, 0.3) is 0 Å². The van der Waals surface area contributed by atoms with Crippen molar-refractivity contribution in [2.24, 2.45) is 0 Å². The fraction of sp³-hybridized carbons (Fsp3) is 0.400. The molecule has 0 saturated carbocycles. The Hall–Kier alpha value is -1.44. The molecule has 19 heavy (non-hydrogen) atoms. The zero-order valence-corrected chi connectivity index (χ0v) is 10.1. The van der Waals surface area contributed by atoms with Crippen LogP contribution in [0, 0.1) is 0 Å². The maximum atomic E-state index is 12.7. The minimum absolute atomic E-state index is 0.0861. The van der Waals surface area contributed by atoms with Gasteiger partial charge in [-0.05, 0) is 13.0 Å². The lowest BCUT2D eigenvalue weighted by atomic mass is 10.1. The normalized spacial score (nSPS) is 11.8. The molecule has 0 unspecified atom stereocenters. The van der Waals surface area contributed by atoms with Crippen LogP contribution in [0.5, 0.6) is 0 Å². The molecule has 0 bridgehead atoms. The van der Waals surface area contributed by atoms with E-state index in [1.165, 1.54) is 6.92 Å². The highest BCUT2D eigenvalue weighted by Crippen LogP contribution is 2.35. The van der Waals surface area contributed by atoms with Gasteiger partial charge in [-0.15, -0.1) is 0 Å². The summed E-state index contributed by atoms with van der Waals surface area (Å²) in [5.41, 5.74) is -3.61. The summed E-state index contributed by atoms with van der Waals surface area (Å²) in [6.07, 6.45) is -8.26. The van der Waals surface area contributed by atoms with Gasteiger partial charge in [-0.2, -0.15) is 13.2 Å².